The van der Waals surface area contributed by atoms with Gasteiger partial charge in [0.25, 0.3) is 0 Å². The van der Waals surface area contributed by atoms with Crippen molar-refractivity contribution in [3.05, 3.63) is 48.5 Å². The number of phenols is 1. The summed E-state index contributed by atoms with van der Waals surface area (Å²) in [5.41, 5.74) is -0.265. The molecular weight excluding hydrogens is 357 g/mol. The van der Waals surface area contributed by atoms with Crippen LogP contribution in [-0.4, -0.2) is 28.7 Å². The number of alkyl halides is 7. The molecule has 2 nitrogen and oxygen atoms in total. The Bertz CT molecular complexity index is 802. The molecule has 1 saturated carbocycles. The standard InChI is InChI=1S/C16H9F7O2/c17-13(18)14(19,20)16(23,15(13,21)22)25-12-8-4-2-6-10(12)9-5-1-3-7-11(9)24/h1-8,24H. The molecule has 3 rings (SSSR count). The van der Waals surface area contributed by atoms with Gasteiger partial charge in [0.05, 0.1) is 0 Å². The van der Waals surface area contributed by atoms with Crippen molar-refractivity contribution in [2.24, 2.45) is 0 Å². The van der Waals surface area contributed by atoms with Crippen LogP contribution in [0.15, 0.2) is 48.5 Å². The van der Waals surface area contributed by atoms with Gasteiger partial charge in [-0.3, -0.25) is 0 Å². The Balaban J connectivity index is 2.08. The van der Waals surface area contributed by atoms with E-state index in [0.29, 0.717) is 0 Å². The van der Waals surface area contributed by atoms with E-state index >= 15 is 0 Å². The maximum absolute atomic E-state index is 14.2. The average molecular weight is 366 g/mol. The van der Waals surface area contributed by atoms with Gasteiger partial charge in [-0.05, 0) is 12.1 Å². The van der Waals surface area contributed by atoms with Crippen LogP contribution >= 0.6 is 0 Å². The summed E-state index contributed by atoms with van der Waals surface area (Å²) in [5.74, 6) is -23.8. The van der Waals surface area contributed by atoms with E-state index in [1.54, 1.807) is 0 Å². The molecule has 1 aliphatic rings. The Morgan fingerprint density at radius 2 is 1.12 bits per heavy atom. The minimum Gasteiger partial charge on any atom is -0.507 e. The Morgan fingerprint density at radius 3 is 1.68 bits per heavy atom. The van der Waals surface area contributed by atoms with Gasteiger partial charge in [-0.25, -0.2) is 0 Å². The van der Waals surface area contributed by atoms with E-state index < -0.39 is 29.4 Å². The normalized spacial score (nSPS) is 22.0. The highest BCUT2D eigenvalue weighted by Crippen LogP contribution is 2.69. The third-order valence-electron chi connectivity index (χ3n) is 3.93. The van der Waals surface area contributed by atoms with Crippen molar-refractivity contribution in [3.8, 4) is 22.6 Å². The van der Waals surface area contributed by atoms with Gasteiger partial charge in [0.2, 0.25) is 0 Å². The summed E-state index contributed by atoms with van der Waals surface area (Å²) < 4.78 is 97.6. The van der Waals surface area contributed by atoms with Crippen LogP contribution in [0.4, 0.5) is 30.7 Å². The number of benzene rings is 2. The van der Waals surface area contributed by atoms with Crippen molar-refractivity contribution in [3.63, 3.8) is 0 Å². The van der Waals surface area contributed by atoms with Gasteiger partial charge in [-0.1, -0.05) is 36.4 Å². The molecule has 0 radical (unpaired) electrons. The molecule has 25 heavy (non-hydrogen) atoms. The van der Waals surface area contributed by atoms with Crippen LogP contribution in [0, 0.1) is 0 Å². The minimum atomic E-state index is -5.89. The molecule has 0 aliphatic heterocycles. The van der Waals surface area contributed by atoms with Gasteiger partial charge < -0.3 is 9.84 Å². The first kappa shape index (κ1) is 17.4. The molecule has 134 valence electrons. The number of hydrogen-bond acceptors (Lipinski definition) is 2. The molecule has 0 heterocycles. The predicted molar refractivity (Wildman–Crippen MR) is 72.9 cm³/mol. The number of aromatic hydroxyl groups is 1. The predicted octanol–water partition coefficient (Wildman–Crippen LogP) is 5.02. The number of ether oxygens (including phenoxy) is 1. The summed E-state index contributed by atoms with van der Waals surface area (Å²) >= 11 is 0. The lowest BCUT2D eigenvalue weighted by Gasteiger charge is -2.52. The third kappa shape index (κ3) is 1.98. The average Bonchev–Trinajstić information content (AvgIpc) is 2.55. The molecule has 1 N–H and O–H groups in total. The number of para-hydroxylation sites is 2. The van der Waals surface area contributed by atoms with Crippen LogP contribution < -0.4 is 4.74 Å². The van der Waals surface area contributed by atoms with Gasteiger partial charge in [-0.15, -0.1) is 0 Å². The fourth-order valence-corrected chi connectivity index (χ4v) is 2.49. The third-order valence-corrected chi connectivity index (χ3v) is 3.93. The van der Waals surface area contributed by atoms with Crippen LogP contribution in [0.2, 0.25) is 0 Å². The van der Waals surface area contributed by atoms with Crippen molar-refractivity contribution >= 4 is 0 Å². The summed E-state index contributed by atoms with van der Waals surface area (Å²) in [6.07, 6.45) is 0. The second-order valence-electron chi connectivity index (χ2n) is 5.43. The van der Waals surface area contributed by atoms with Crippen molar-refractivity contribution in [1.29, 1.82) is 0 Å². The van der Waals surface area contributed by atoms with Crippen molar-refractivity contribution < 1.29 is 40.6 Å². The fraction of sp³-hybridized carbons (Fsp3) is 0.250. The monoisotopic (exact) mass is 366 g/mol. The number of halogens is 7. The Labute approximate surface area is 136 Å². The molecule has 0 bridgehead atoms. The molecule has 0 aromatic heterocycles. The zero-order chi connectivity index (χ0) is 18.7. The molecule has 0 spiro atoms. The summed E-state index contributed by atoms with van der Waals surface area (Å²) in [6, 6.07) is 9.85. The molecule has 1 aliphatic carbocycles. The Morgan fingerprint density at radius 1 is 0.640 bits per heavy atom. The van der Waals surface area contributed by atoms with Crippen LogP contribution in [0.5, 0.6) is 11.5 Å². The highest BCUT2D eigenvalue weighted by atomic mass is 19.4. The van der Waals surface area contributed by atoms with Gasteiger partial charge in [0, 0.05) is 11.1 Å². The van der Waals surface area contributed by atoms with Crippen molar-refractivity contribution in [2.45, 2.75) is 23.6 Å². The van der Waals surface area contributed by atoms with Crippen LogP contribution in [0.25, 0.3) is 11.1 Å². The van der Waals surface area contributed by atoms with E-state index in [2.05, 4.69) is 4.74 Å². The molecule has 0 saturated heterocycles. The van der Waals surface area contributed by atoms with Gasteiger partial charge in [-0.2, -0.15) is 30.7 Å². The van der Waals surface area contributed by atoms with Crippen LogP contribution in [-0.2, 0) is 0 Å². The molecule has 9 heteroatoms. The van der Waals surface area contributed by atoms with E-state index in [9.17, 15) is 35.8 Å². The summed E-state index contributed by atoms with van der Waals surface area (Å²) in [5, 5.41) is 9.78. The van der Waals surface area contributed by atoms with E-state index in [0.717, 1.165) is 12.1 Å². The highest BCUT2D eigenvalue weighted by Gasteiger charge is 3.02. The first-order valence-corrected chi connectivity index (χ1v) is 6.86. The second kappa shape index (κ2) is 5.03. The number of hydrogen-bond donors (Lipinski definition) is 1. The Hall–Kier alpha value is -2.45. The quantitative estimate of drug-likeness (QED) is 0.773. The molecular formula is C16H9F7O2. The van der Waals surface area contributed by atoms with Crippen molar-refractivity contribution in [2.75, 3.05) is 0 Å². The molecule has 0 unspecified atom stereocenters. The van der Waals surface area contributed by atoms with Crippen LogP contribution in [0.1, 0.15) is 0 Å². The second-order valence-corrected chi connectivity index (χ2v) is 5.43. The zero-order valence-corrected chi connectivity index (χ0v) is 12.1. The van der Waals surface area contributed by atoms with Gasteiger partial charge >= 0.3 is 23.6 Å². The van der Waals surface area contributed by atoms with Crippen LogP contribution in [0.3, 0.4) is 0 Å². The highest BCUT2D eigenvalue weighted by molar-refractivity contribution is 5.75. The molecule has 1 fully saturated rings. The number of rotatable bonds is 3. The van der Waals surface area contributed by atoms with Crippen molar-refractivity contribution in [1.82, 2.24) is 0 Å². The van der Waals surface area contributed by atoms with E-state index in [1.807, 2.05) is 0 Å². The van der Waals surface area contributed by atoms with Gasteiger partial charge in [0.1, 0.15) is 11.5 Å². The minimum absolute atomic E-state index is 0.0422. The largest absolute Gasteiger partial charge is 0.507 e. The Kier molecular flexibility index (Phi) is 3.49. The summed E-state index contributed by atoms with van der Waals surface area (Å²) in [4.78, 5) is 0. The number of phenolic OH excluding ortho intramolecular Hbond substituents is 1. The van der Waals surface area contributed by atoms with E-state index in [1.165, 1.54) is 36.4 Å². The maximum Gasteiger partial charge on any atom is 0.391 e. The lowest BCUT2D eigenvalue weighted by molar-refractivity contribution is -0.516. The maximum atomic E-state index is 14.2. The lowest BCUT2D eigenvalue weighted by Crippen LogP contribution is -2.86. The first-order chi connectivity index (χ1) is 11.5. The van der Waals surface area contributed by atoms with Gasteiger partial charge in [0.15, 0.2) is 0 Å². The molecule has 2 aromatic carbocycles. The molecule has 2 aromatic rings. The van der Waals surface area contributed by atoms with E-state index in [4.69, 9.17) is 0 Å². The topological polar surface area (TPSA) is 29.5 Å². The fourth-order valence-electron chi connectivity index (χ4n) is 2.49. The lowest BCUT2D eigenvalue weighted by atomic mass is 9.78. The zero-order valence-electron chi connectivity index (χ0n) is 12.1. The molecule has 0 atom stereocenters. The SMILES string of the molecule is Oc1ccccc1-c1ccccc1OC1(F)C(F)(F)C(F)(F)C1(F)F. The smallest absolute Gasteiger partial charge is 0.391 e. The first-order valence-electron chi connectivity index (χ1n) is 6.86. The molecule has 0 amide bonds. The van der Waals surface area contributed by atoms with E-state index in [-0.39, 0.29) is 16.9 Å². The summed E-state index contributed by atoms with van der Waals surface area (Å²) in [6.45, 7) is 0. The summed E-state index contributed by atoms with van der Waals surface area (Å²) in [7, 11) is 0.